The fourth-order valence-corrected chi connectivity index (χ4v) is 6.23. The molecule has 1 aliphatic carbocycles. The van der Waals surface area contributed by atoms with E-state index < -0.39 is 0 Å². The molecular formula is C29H20N2S. The quantitative estimate of drug-likeness (QED) is 0.273. The zero-order valence-electron chi connectivity index (χ0n) is 17.5. The summed E-state index contributed by atoms with van der Waals surface area (Å²) in [6, 6.07) is 28.2. The van der Waals surface area contributed by atoms with E-state index in [1.165, 1.54) is 53.8 Å². The van der Waals surface area contributed by atoms with E-state index in [1.54, 1.807) is 0 Å². The zero-order chi connectivity index (χ0) is 21.1. The van der Waals surface area contributed by atoms with E-state index in [-0.39, 0.29) is 0 Å². The lowest BCUT2D eigenvalue weighted by atomic mass is 10.0. The lowest BCUT2D eigenvalue weighted by molar-refractivity contribution is 0.890. The molecule has 0 N–H and O–H groups in total. The molecule has 3 aromatic carbocycles. The van der Waals surface area contributed by atoms with Crippen LogP contribution in [-0.2, 0) is 6.42 Å². The van der Waals surface area contributed by atoms with Crippen molar-refractivity contribution in [3.05, 3.63) is 102 Å². The van der Waals surface area contributed by atoms with Crippen LogP contribution in [0.2, 0.25) is 0 Å². The number of thiophene rings is 1. The summed E-state index contributed by atoms with van der Waals surface area (Å²) in [4.78, 5) is 4.93. The third-order valence-corrected chi connectivity index (χ3v) is 7.69. The van der Waals surface area contributed by atoms with Gasteiger partial charge in [0.15, 0.2) is 0 Å². The molecule has 0 unspecified atom stereocenters. The summed E-state index contributed by atoms with van der Waals surface area (Å²) in [5, 5.41) is 2.50. The van der Waals surface area contributed by atoms with Gasteiger partial charge in [-0.1, -0.05) is 72.8 Å². The Labute approximate surface area is 190 Å². The normalized spacial score (nSPS) is 13.2. The maximum Gasteiger partial charge on any atom is 0.0910 e. The van der Waals surface area contributed by atoms with Gasteiger partial charge in [-0.2, -0.15) is 0 Å². The summed E-state index contributed by atoms with van der Waals surface area (Å²) in [5.41, 5.74) is 8.83. The lowest BCUT2D eigenvalue weighted by Crippen LogP contribution is -2.03. The first kappa shape index (κ1) is 17.9. The molecule has 32 heavy (non-hydrogen) atoms. The Balaban J connectivity index is 1.54. The number of aromatic nitrogens is 2. The second-order valence-electron chi connectivity index (χ2n) is 8.35. The Bertz CT molecular complexity index is 1650. The van der Waals surface area contributed by atoms with E-state index in [9.17, 15) is 0 Å². The molecule has 3 heteroatoms. The standard InChI is InChI=1S/C29H20N2S/c1-2-8-19(9-3-1)20-14-16-21(17-15-20)31-25-12-6-4-10-22(25)24-18-30-27-23-11-5-7-13-26(23)32-29(27)28(24)31/h1-5,7-11,13-18H,6,12H2. The van der Waals surface area contributed by atoms with Gasteiger partial charge in [0.05, 0.1) is 15.7 Å². The molecule has 1 aliphatic rings. The molecule has 0 radical (unpaired) electrons. The first-order valence-corrected chi connectivity index (χ1v) is 11.9. The molecule has 6 aromatic rings. The molecule has 0 amide bonds. The molecule has 2 nitrogen and oxygen atoms in total. The van der Waals surface area contributed by atoms with Crippen LogP contribution >= 0.6 is 11.3 Å². The minimum Gasteiger partial charge on any atom is -0.311 e. The van der Waals surface area contributed by atoms with Crippen LogP contribution in [0.3, 0.4) is 0 Å². The van der Waals surface area contributed by atoms with Gasteiger partial charge in [0.25, 0.3) is 0 Å². The Kier molecular flexibility index (Phi) is 3.87. The molecule has 0 aliphatic heterocycles. The van der Waals surface area contributed by atoms with Crippen molar-refractivity contribution < 1.29 is 0 Å². The predicted molar refractivity (Wildman–Crippen MR) is 137 cm³/mol. The molecule has 0 saturated heterocycles. The molecular weight excluding hydrogens is 408 g/mol. The molecule has 0 atom stereocenters. The van der Waals surface area contributed by atoms with Crippen molar-refractivity contribution in [2.75, 3.05) is 0 Å². The molecule has 0 fully saturated rings. The maximum absolute atomic E-state index is 4.93. The van der Waals surface area contributed by atoms with Crippen molar-refractivity contribution in [1.29, 1.82) is 0 Å². The van der Waals surface area contributed by atoms with Crippen molar-refractivity contribution >= 4 is 48.6 Å². The summed E-state index contributed by atoms with van der Waals surface area (Å²) in [6.45, 7) is 0. The van der Waals surface area contributed by atoms with Crippen LogP contribution in [0.5, 0.6) is 0 Å². The van der Waals surface area contributed by atoms with E-state index in [4.69, 9.17) is 4.98 Å². The average molecular weight is 429 g/mol. The van der Waals surface area contributed by atoms with Gasteiger partial charge in [0, 0.05) is 38.6 Å². The van der Waals surface area contributed by atoms with Crippen molar-refractivity contribution in [2.45, 2.75) is 12.8 Å². The number of fused-ring (bicyclic) bond motifs is 7. The van der Waals surface area contributed by atoms with Gasteiger partial charge in [-0.3, -0.25) is 4.98 Å². The summed E-state index contributed by atoms with van der Waals surface area (Å²) >= 11 is 1.86. The van der Waals surface area contributed by atoms with Crippen LogP contribution in [0.1, 0.15) is 17.7 Å². The summed E-state index contributed by atoms with van der Waals surface area (Å²) in [7, 11) is 0. The SMILES string of the molecule is C1=Cc2c(n(-c3ccc(-c4ccccc4)cc3)c3c2cnc2c4ccccc4sc23)CC1. The van der Waals surface area contributed by atoms with Crippen LogP contribution < -0.4 is 0 Å². The minimum absolute atomic E-state index is 1.05. The Morgan fingerprint density at radius 2 is 1.56 bits per heavy atom. The molecule has 3 heterocycles. The van der Waals surface area contributed by atoms with Gasteiger partial charge in [-0.15, -0.1) is 11.3 Å². The maximum atomic E-state index is 4.93. The predicted octanol–water partition coefficient (Wildman–Crippen LogP) is 8.02. The number of rotatable bonds is 2. The molecule has 7 rings (SSSR count). The summed E-state index contributed by atoms with van der Waals surface area (Å²) in [5.74, 6) is 0. The van der Waals surface area contributed by atoms with E-state index in [1.807, 2.05) is 11.3 Å². The largest absolute Gasteiger partial charge is 0.311 e. The number of hydrogen-bond donors (Lipinski definition) is 0. The lowest BCUT2D eigenvalue weighted by Gasteiger charge is -2.14. The topological polar surface area (TPSA) is 17.8 Å². The molecule has 0 saturated carbocycles. The average Bonchev–Trinajstić information content (AvgIpc) is 3.41. The van der Waals surface area contributed by atoms with Crippen LogP contribution in [0.15, 0.2) is 91.1 Å². The summed E-state index contributed by atoms with van der Waals surface area (Å²) in [6.07, 6.45) is 8.79. The van der Waals surface area contributed by atoms with Gasteiger partial charge in [0.2, 0.25) is 0 Å². The monoisotopic (exact) mass is 428 g/mol. The van der Waals surface area contributed by atoms with Gasteiger partial charge >= 0.3 is 0 Å². The van der Waals surface area contributed by atoms with Crippen molar-refractivity contribution in [2.24, 2.45) is 0 Å². The van der Waals surface area contributed by atoms with E-state index in [0.29, 0.717) is 0 Å². The Morgan fingerprint density at radius 3 is 2.44 bits per heavy atom. The Hall–Kier alpha value is -3.69. The third kappa shape index (κ3) is 2.55. The van der Waals surface area contributed by atoms with Crippen LogP contribution in [0.25, 0.3) is 54.1 Å². The van der Waals surface area contributed by atoms with Crippen LogP contribution in [0.4, 0.5) is 0 Å². The number of hydrogen-bond acceptors (Lipinski definition) is 2. The first-order chi connectivity index (χ1) is 15.9. The van der Waals surface area contributed by atoms with Gasteiger partial charge in [0.1, 0.15) is 0 Å². The Morgan fingerprint density at radius 1 is 0.781 bits per heavy atom. The fourth-order valence-electron chi connectivity index (χ4n) is 5.04. The highest BCUT2D eigenvalue weighted by atomic mass is 32.1. The number of pyridine rings is 1. The van der Waals surface area contributed by atoms with Gasteiger partial charge < -0.3 is 4.57 Å². The van der Waals surface area contributed by atoms with Crippen LogP contribution in [0, 0.1) is 0 Å². The van der Waals surface area contributed by atoms with E-state index in [0.717, 1.165) is 18.4 Å². The summed E-state index contributed by atoms with van der Waals surface area (Å²) < 4.78 is 5.06. The smallest absolute Gasteiger partial charge is 0.0910 e. The van der Waals surface area contributed by atoms with Crippen molar-refractivity contribution in [3.8, 4) is 16.8 Å². The second kappa shape index (κ2) is 6.91. The molecule has 0 bridgehead atoms. The minimum atomic E-state index is 1.05. The van der Waals surface area contributed by atoms with Crippen molar-refractivity contribution in [3.63, 3.8) is 0 Å². The molecule has 152 valence electrons. The highest BCUT2D eigenvalue weighted by Gasteiger charge is 2.22. The number of nitrogens with zero attached hydrogens (tertiary/aromatic N) is 2. The van der Waals surface area contributed by atoms with E-state index >= 15 is 0 Å². The van der Waals surface area contributed by atoms with Crippen molar-refractivity contribution in [1.82, 2.24) is 9.55 Å². The number of benzene rings is 3. The fraction of sp³-hybridized carbons (Fsp3) is 0.0690. The highest BCUT2D eigenvalue weighted by Crippen LogP contribution is 2.42. The third-order valence-electron chi connectivity index (χ3n) is 6.52. The second-order valence-corrected chi connectivity index (χ2v) is 9.40. The van der Waals surface area contributed by atoms with Gasteiger partial charge in [-0.25, -0.2) is 0 Å². The molecule has 0 spiro atoms. The molecule has 3 aromatic heterocycles. The number of allylic oxidation sites excluding steroid dienone is 1. The van der Waals surface area contributed by atoms with Gasteiger partial charge in [-0.05, 0) is 42.2 Å². The van der Waals surface area contributed by atoms with E-state index in [2.05, 4.69) is 102 Å². The highest BCUT2D eigenvalue weighted by molar-refractivity contribution is 7.26. The zero-order valence-corrected chi connectivity index (χ0v) is 18.3. The first-order valence-electron chi connectivity index (χ1n) is 11.0. The van der Waals surface area contributed by atoms with Crippen LogP contribution in [-0.4, -0.2) is 9.55 Å².